The summed E-state index contributed by atoms with van der Waals surface area (Å²) in [5.74, 6) is -8.62. The van der Waals surface area contributed by atoms with Crippen molar-refractivity contribution in [1.82, 2.24) is 20.5 Å². The van der Waals surface area contributed by atoms with Crippen LogP contribution in [0.2, 0.25) is 0 Å². The molecule has 0 bridgehead atoms. The molecule has 9 N–H and O–H groups in total. The number of benzene rings is 2. The zero-order valence-corrected chi connectivity index (χ0v) is 31.0. The highest BCUT2D eigenvalue weighted by atomic mass is 19.4. The second kappa shape index (κ2) is 21.7. The molecule has 0 aliphatic heterocycles. The van der Waals surface area contributed by atoms with Crippen LogP contribution in [0, 0.1) is 17.0 Å². The van der Waals surface area contributed by atoms with Gasteiger partial charge in [0, 0.05) is 42.5 Å². The largest absolute Gasteiger partial charge is 0.491 e. The van der Waals surface area contributed by atoms with Crippen molar-refractivity contribution in [2.75, 3.05) is 26.3 Å². The first-order valence-electron chi connectivity index (χ1n) is 17.3. The molecule has 0 radical (unpaired) electrons. The number of aliphatic hydroxyl groups excluding tert-OH is 2. The first-order chi connectivity index (χ1) is 26.2. The molecule has 14 nitrogen and oxygen atoms in total. The van der Waals surface area contributed by atoms with E-state index in [0.717, 1.165) is 29.5 Å². The topological polar surface area (TPSA) is 228 Å². The number of halogens is 5. The Labute approximate surface area is 319 Å². The van der Waals surface area contributed by atoms with Gasteiger partial charge in [0.15, 0.2) is 0 Å². The molecule has 19 heteroatoms. The molecule has 3 rings (SSSR count). The number of esters is 2. The van der Waals surface area contributed by atoms with Crippen LogP contribution in [0.4, 0.5) is 22.0 Å². The Morgan fingerprint density at radius 2 is 1.57 bits per heavy atom. The molecule has 0 unspecified atom stereocenters. The van der Waals surface area contributed by atoms with Crippen LogP contribution in [0.25, 0.3) is 11.1 Å². The van der Waals surface area contributed by atoms with Crippen LogP contribution in [-0.4, -0.2) is 89.0 Å². The lowest BCUT2D eigenvalue weighted by molar-refractivity contribution is -0.202. The van der Waals surface area contributed by atoms with Crippen molar-refractivity contribution in [2.24, 2.45) is 16.9 Å². The number of hydrogen-bond donors (Lipinski definition) is 7. The minimum Gasteiger partial charge on any atom is -0.394 e. The summed E-state index contributed by atoms with van der Waals surface area (Å²) in [6.07, 6.45) is -5.03. The number of rotatable bonds is 17. The van der Waals surface area contributed by atoms with Gasteiger partial charge in [-0.2, -0.15) is 13.2 Å². The molecule has 1 aromatic heterocycles. The van der Waals surface area contributed by atoms with E-state index in [1.54, 1.807) is 12.3 Å². The van der Waals surface area contributed by atoms with Gasteiger partial charge in [0.05, 0.1) is 31.7 Å². The van der Waals surface area contributed by atoms with Crippen molar-refractivity contribution < 1.29 is 60.9 Å². The molecule has 2 aromatic carbocycles. The number of aromatic nitrogens is 1. The summed E-state index contributed by atoms with van der Waals surface area (Å²) in [6, 6.07) is 11.2. The van der Waals surface area contributed by atoms with Gasteiger partial charge < -0.3 is 46.9 Å². The molecule has 0 saturated carbocycles. The van der Waals surface area contributed by atoms with Gasteiger partial charge >= 0.3 is 18.1 Å². The van der Waals surface area contributed by atoms with Crippen LogP contribution in [-0.2, 0) is 35.3 Å². The summed E-state index contributed by atoms with van der Waals surface area (Å²) < 4.78 is 71.9. The highest BCUT2D eigenvalue weighted by Gasteiger charge is 2.43. The number of carbonyl (C=O) groups excluding carboxylic acids is 5. The SMILES string of the molecule is CC(C)(C)[C@@H](NCC[C@H](N)C(=O)NCCC(=O)N[C@@H](CC(N)=O)C(=O)OC(=O)C(F)(F)F)c1cc(-c2cc(F)ccc2F)cn1Cc1ccccc1.OCCO. The third kappa shape index (κ3) is 15.5. The van der Waals surface area contributed by atoms with E-state index in [1.165, 1.54) is 0 Å². The van der Waals surface area contributed by atoms with Crippen LogP contribution in [0.1, 0.15) is 57.3 Å². The van der Waals surface area contributed by atoms with Gasteiger partial charge in [-0.3, -0.25) is 14.4 Å². The van der Waals surface area contributed by atoms with Crippen molar-refractivity contribution in [1.29, 1.82) is 0 Å². The van der Waals surface area contributed by atoms with E-state index in [1.807, 2.05) is 61.0 Å². The predicted molar refractivity (Wildman–Crippen MR) is 193 cm³/mol. The number of nitrogens with zero attached hydrogens (tertiary/aromatic N) is 1. The third-order valence-corrected chi connectivity index (χ3v) is 7.87. The van der Waals surface area contributed by atoms with E-state index < -0.39 is 77.8 Å². The van der Waals surface area contributed by atoms with E-state index >= 15 is 0 Å². The minimum absolute atomic E-state index is 0.105. The Kier molecular flexibility index (Phi) is 18.2. The number of aliphatic hydroxyl groups is 2. The zero-order valence-electron chi connectivity index (χ0n) is 31.0. The van der Waals surface area contributed by atoms with E-state index in [4.69, 9.17) is 21.7 Å². The first-order valence-corrected chi connectivity index (χ1v) is 17.3. The molecule has 0 spiro atoms. The zero-order chi connectivity index (χ0) is 42.2. The van der Waals surface area contributed by atoms with Crippen molar-refractivity contribution in [3.8, 4) is 11.1 Å². The second-order valence-corrected chi connectivity index (χ2v) is 13.5. The van der Waals surface area contributed by atoms with Gasteiger partial charge in [-0.15, -0.1) is 0 Å². The van der Waals surface area contributed by atoms with Gasteiger partial charge in [-0.05, 0) is 48.2 Å². The van der Waals surface area contributed by atoms with E-state index in [0.29, 0.717) is 12.1 Å². The number of amides is 3. The van der Waals surface area contributed by atoms with Gasteiger partial charge in [-0.1, -0.05) is 51.1 Å². The van der Waals surface area contributed by atoms with E-state index in [9.17, 15) is 45.9 Å². The lowest BCUT2D eigenvalue weighted by atomic mass is 9.84. The molecule has 1 heterocycles. The molecule has 3 amide bonds. The fourth-order valence-corrected chi connectivity index (χ4v) is 5.23. The Balaban J connectivity index is 0.00000258. The number of nitrogens with two attached hydrogens (primary N) is 2. The average Bonchev–Trinajstić information content (AvgIpc) is 3.52. The predicted octanol–water partition coefficient (Wildman–Crippen LogP) is 2.35. The molecular weight excluding hydrogens is 751 g/mol. The van der Waals surface area contributed by atoms with E-state index in [2.05, 4.69) is 15.4 Å². The molecular formula is C37H47F5N6O8. The van der Waals surface area contributed by atoms with E-state index in [-0.39, 0.29) is 44.3 Å². The maximum atomic E-state index is 14.8. The number of nitrogens with one attached hydrogen (secondary N) is 3. The Morgan fingerprint density at radius 1 is 0.929 bits per heavy atom. The van der Waals surface area contributed by atoms with Gasteiger partial charge in [0.25, 0.3) is 0 Å². The van der Waals surface area contributed by atoms with Crippen LogP contribution >= 0.6 is 0 Å². The highest BCUT2D eigenvalue weighted by molar-refractivity contribution is 5.95. The minimum atomic E-state index is -5.49. The molecule has 0 fully saturated rings. The average molecular weight is 799 g/mol. The number of hydrogen-bond acceptors (Lipinski definition) is 10. The fraction of sp³-hybridized carbons (Fsp3) is 0.432. The maximum absolute atomic E-state index is 14.8. The first kappa shape index (κ1) is 46.9. The van der Waals surface area contributed by atoms with Crippen LogP contribution in [0.3, 0.4) is 0 Å². The lowest BCUT2D eigenvalue weighted by Gasteiger charge is -2.33. The summed E-state index contributed by atoms with van der Waals surface area (Å²) in [5.41, 5.74) is 13.0. The summed E-state index contributed by atoms with van der Waals surface area (Å²) in [6.45, 7) is 6.10. The third-order valence-electron chi connectivity index (χ3n) is 7.87. The van der Waals surface area contributed by atoms with Gasteiger partial charge in [-0.25, -0.2) is 18.4 Å². The monoisotopic (exact) mass is 798 g/mol. The normalized spacial score (nSPS) is 13.1. The summed E-state index contributed by atoms with van der Waals surface area (Å²) in [7, 11) is 0. The Morgan fingerprint density at radius 3 is 2.14 bits per heavy atom. The maximum Gasteiger partial charge on any atom is 0.491 e. The summed E-state index contributed by atoms with van der Waals surface area (Å²) in [5, 5.41) is 23.1. The molecule has 308 valence electrons. The smallest absolute Gasteiger partial charge is 0.394 e. The molecule has 0 saturated heterocycles. The van der Waals surface area contributed by atoms with Crippen LogP contribution < -0.4 is 27.4 Å². The van der Waals surface area contributed by atoms with Crippen molar-refractivity contribution in [3.05, 3.63) is 83.7 Å². The van der Waals surface area contributed by atoms with Gasteiger partial charge in [0.1, 0.15) is 17.7 Å². The molecule has 56 heavy (non-hydrogen) atoms. The molecule has 3 atom stereocenters. The summed E-state index contributed by atoms with van der Waals surface area (Å²) in [4.78, 5) is 59.2. The number of primary amides is 1. The fourth-order valence-electron chi connectivity index (χ4n) is 5.23. The standard InChI is InChI=1S/C35H41F5N6O6.C2H6O2/c1-34(2,3)30(27-15-21(23-16-22(36)9-10-24(23)37)19-46(27)18-20-7-5-4-6-8-20)43-13-11-25(41)31(49)44-14-12-29(48)45-26(17-28(42)47)32(50)52-33(51)35(38,39)40;3-1-2-4/h4-10,15-16,19,25-26,30,43H,11-14,17-18,41H2,1-3H3,(H2,42,47)(H,44,49)(H,45,48);3-4H,1-2H2/t25-,26-,30-;/m0./s1. The van der Waals surface area contributed by atoms with Crippen molar-refractivity contribution >= 4 is 29.7 Å². The quantitative estimate of drug-likeness (QED) is 0.0599. The molecule has 0 aliphatic carbocycles. The summed E-state index contributed by atoms with van der Waals surface area (Å²) >= 11 is 0. The number of alkyl halides is 3. The lowest BCUT2D eigenvalue weighted by Crippen LogP contribution is -2.47. The number of carbonyl (C=O) groups is 5. The van der Waals surface area contributed by atoms with Crippen molar-refractivity contribution in [3.63, 3.8) is 0 Å². The van der Waals surface area contributed by atoms with Gasteiger partial charge in [0.2, 0.25) is 17.7 Å². The van der Waals surface area contributed by atoms with Crippen LogP contribution in [0.15, 0.2) is 60.8 Å². The Bertz CT molecular complexity index is 1780. The highest BCUT2D eigenvalue weighted by Crippen LogP contribution is 2.37. The Hall–Kier alpha value is -5.24. The molecule has 3 aromatic rings. The second-order valence-electron chi connectivity index (χ2n) is 13.5. The van der Waals surface area contributed by atoms with Crippen LogP contribution in [0.5, 0.6) is 0 Å². The molecule has 0 aliphatic rings. The number of ether oxygens (including phenoxy) is 1. The van der Waals surface area contributed by atoms with Crippen molar-refractivity contribution in [2.45, 2.75) is 70.9 Å².